The Morgan fingerprint density at radius 3 is 2.59 bits per heavy atom. The molecule has 2 heterocycles. The molecule has 1 aromatic rings. The van der Waals surface area contributed by atoms with E-state index in [1.54, 1.807) is 0 Å². The Hall–Kier alpha value is -0.470. The Labute approximate surface area is 115 Å². The Balaban J connectivity index is 2.00. The minimum absolute atomic E-state index is 0.241. The Morgan fingerprint density at radius 1 is 1.29 bits per heavy atom. The third kappa shape index (κ3) is 3.49. The largest absolute Gasteiger partial charge is 0.395 e. The summed E-state index contributed by atoms with van der Waals surface area (Å²) in [7, 11) is 0. The first-order valence-corrected chi connectivity index (χ1v) is 6.86. The zero-order chi connectivity index (χ0) is 12.3. The van der Waals surface area contributed by atoms with E-state index in [-0.39, 0.29) is 6.61 Å². The van der Waals surface area contributed by atoms with Gasteiger partial charge in [-0.15, -0.1) is 0 Å². The van der Waals surface area contributed by atoms with Gasteiger partial charge in [-0.05, 0) is 29.5 Å². The molecule has 0 aliphatic carbocycles. The maximum absolute atomic E-state index is 8.90. The molecule has 17 heavy (non-hydrogen) atoms. The van der Waals surface area contributed by atoms with Crippen molar-refractivity contribution in [2.75, 3.05) is 44.2 Å². The fourth-order valence-corrected chi connectivity index (χ4v) is 2.65. The molecule has 0 aromatic carbocycles. The Kier molecular flexibility index (Phi) is 4.52. The van der Waals surface area contributed by atoms with Crippen molar-refractivity contribution in [1.82, 2.24) is 14.9 Å². The van der Waals surface area contributed by atoms with Crippen molar-refractivity contribution in [1.29, 1.82) is 0 Å². The number of hydrogen-bond donors (Lipinski definition) is 1. The van der Waals surface area contributed by atoms with E-state index in [4.69, 9.17) is 5.11 Å². The van der Waals surface area contributed by atoms with Crippen molar-refractivity contribution in [2.24, 2.45) is 0 Å². The van der Waals surface area contributed by atoms with Gasteiger partial charge in [0.1, 0.15) is 15.3 Å². The summed E-state index contributed by atoms with van der Waals surface area (Å²) < 4.78 is 0.989. The second-order valence-electron chi connectivity index (χ2n) is 4.15. The van der Waals surface area contributed by atoms with E-state index in [2.05, 4.69) is 42.4 Å². The van der Waals surface area contributed by atoms with E-state index in [9.17, 15) is 0 Å². The smallest absolute Gasteiger partial charge is 0.133 e. The molecule has 6 heteroatoms. The fraction of sp³-hybridized carbons (Fsp3) is 0.636. The highest BCUT2D eigenvalue weighted by atomic mass is 127. The van der Waals surface area contributed by atoms with Crippen molar-refractivity contribution >= 4 is 28.4 Å². The molecule has 0 bridgehead atoms. The standard InChI is InChI=1S/C11H17IN4O/c1-9-13-10(12)8-11(14-9)16-4-2-15(3-5-16)6-7-17/h8,17H,2-7H2,1H3. The molecule has 0 saturated carbocycles. The molecule has 1 aliphatic rings. The van der Waals surface area contributed by atoms with E-state index in [1.807, 2.05) is 13.0 Å². The maximum atomic E-state index is 8.90. The van der Waals surface area contributed by atoms with Crippen LogP contribution in [0.1, 0.15) is 5.82 Å². The highest BCUT2D eigenvalue weighted by Gasteiger charge is 2.18. The highest BCUT2D eigenvalue weighted by Crippen LogP contribution is 2.16. The highest BCUT2D eigenvalue weighted by molar-refractivity contribution is 14.1. The lowest BCUT2D eigenvalue weighted by molar-refractivity contribution is 0.188. The Bertz CT molecular complexity index is 359. The average molecular weight is 348 g/mol. The number of piperazine rings is 1. The zero-order valence-electron chi connectivity index (χ0n) is 9.93. The number of aryl methyl sites for hydroxylation is 1. The molecular weight excluding hydrogens is 331 g/mol. The maximum Gasteiger partial charge on any atom is 0.133 e. The lowest BCUT2D eigenvalue weighted by Crippen LogP contribution is -2.47. The summed E-state index contributed by atoms with van der Waals surface area (Å²) in [4.78, 5) is 13.3. The number of halogens is 1. The van der Waals surface area contributed by atoms with Crippen molar-refractivity contribution < 1.29 is 5.11 Å². The molecule has 0 atom stereocenters. The number of nitrogens with zero attached hydrogens (tertiary/aromatic N) is 4. The number of anilines is 1. The lowest BCUT2D eigenvalue weighted by Gasteiger charge is -2.35. The Morgan fingerprint density at radius 2 is 2.00 bits per heavy atom. The van der Waals surface area contributed by atoms with E-state index in [0.717, 1.165) is 48.1 Å². The normalized spacial score (nSPS) is 17.5. The molecule has 5 nitrogen and oxygen atoms in total. The molecule has 0 spiro atoms. The molecule has 0 unspecified atom stereocenters. The van der Waals surface area contributed by atoms with Crippen LogP contribution in [-0.4, -0.2) is 59.3 Å². The number of aliphatic hydroxyl groups excluding tert-OH is 1. The van der Waals surface area contributed by atoms with Crippen LogP contribution in [0, 0.1) is 10.6 Å². The second-order valence-corrected chi connectivity index (χ2v) is 5.25. The van der Waals surface area contributed by atoms with Gasteiger partial charge in [0, 0.05) is 38.8 Å². The quantitative estimate of drug-likeness (QED) is 0.637. The van der Waals surface area contributed by atoms with Crippen molar-refractivity contribution in [3.8, 4) is 0 Å². The van der Waals surface area contributed by atoms with E-state index in [0.29, 0.717) is 0 Å². The van der Waals surface area contributed by atoms with Crippen LogP contribution in [0.15, 0.2) is 6.07 Å². The summed E-state index contributed by atoms with van der Waals surface area (Å²) in [6, 6.07) is 2.02. The first kappa shape index (κ1) is 13.0. The third-order valence-electron chi connectivity index (χ3n) is 2.91. The summed E-state index contributed by atoms with van der Waals surface area (Å²) in [6.45, 7) is 6.84. The SMILES string of the molecule is Cc1nc(I)cc(N2CCN(CCO)CC2)n1. The molecule has 1 N–H and O–H groups in total. The van der Waals surface area contributed by atoms with Crippen LogP contribution >= 0.6 is 22.6 Å². The van der Waals surface area contributed by atoms with Crippen molar-refractivity contribution in [3.05, 3.63) is 15.6 Å². The summed E-state index contributed by atoms with van der Waals surface area (Å²) in [5.41, 5.74) is 0. The van der Waals surface area contributed by atoms with Gasteiger partial charge in [0.05, 0.1) is 6.61 Å². The third-order valence-corrected chi connectivity index (χ3v) is 3.46. The van der Waals surface area contributed by atoms with Gasteiger partial charge in [-0.3, -0.25) is 4.90 Å². The minimum Gasteiger partial charge on any atom is -0.395 e. The van der Waals surface area contributed by atoms with Gasteiger partial charge >= 0.3 is 0 Å². The zero-order valence-corrected chi connectivity index (χ0v) is 12.1. The van der Waals surface area contributed by atoms with E-state index < -0.39 is 0 Å². The van der Waals surface area contributed by atoms with Gasteiger partial charge in [0.25, 0.3) is 0 Å². The molecule has 94 valence electrons. The molecule has 0 radical (unpaired) electrons. The van der Waals surface area contributed by atoms with Gasteiger partial charge in [-0.2, -0.15) is 0 Å². The predicted octanol–water partition coefficient (Wildman–Crippen LogP) is 0.504. The average Bonchev–Trinajstić information content (AvgIpc) is 2.29. The minimum atomic E-state index is 0.241. The summed E-state index contributed by atoms with van der Waals surface area (Å²) >= 11 is 2.22. The summed E-state index contributed by atoms with van der Waals surface area (Å²) in [5, 5.41) is 8.90. The van der Waals surface area contributed by atoms with Crippen LogP contribution in [0.4, 0.5) is 5.82 Å². The van der Waals surface area contributed by atoms with Gasteiger partial charge in [0.15, 0.2) is 0 Å². The molecule has 1 aliphatic heterocycles. The molecule has 2 rings (SSSR count). The second kappa shape index (κ2) is 5.92. The van der Waals surface area contributed by atoms with Crippen LogP contribution in [0.2, 0.25) is 0 Å². The monoisotopic (exact) mass is 348 g/mol. The molecule has 1 aromatic heterocycles. The van der Waals surface area contributed by atoms with Gasteiger partial charge in [-0.1, -0.05) is 0 Å². The van der Waals surface area contributed by atoms with Gasteiger partial charge < -0.3 is 10.0 Å². The van der Waals surface area contributed by atoms with E-state index >= 15 is 0 Å². The van der Waals surface area contributed by atoms with Gasteiger partial charge in [-0.25, -0.2) is 9.97 Å². The fourth-order valence-electron chi connectivity index (χ4n) is 2.02. The molecule has 1 saturated heterocycles. The van der Waals surface area contributed by atoms with Crippen LogP contribution < -0.4 is 4.90 Å². The van der Waals surface area contributed by atoms with Crippen LogP contribution in [-0.2, 0) is 0 Å². The number of hydrogen-bond acceptors (Lipinski definition) is 5. The molecule has 1 fully saturated rings. The van der Waals surface area contributed by atoms with Crippen molar-refractivity contribution in [2.45, 2.75) is 6.92 Å². The molecule has 0 amide bonds. The molecular formula is C11H17IN4O. The predicted molar refractivity (Wildman–Crippen MR) is 75.2 cm³/mol. The number of aliphatic hydroxyl groups is 1. The first-order valence-electron chi connectivity index (χ1n) is 5.78. The van der Waals surface area contributed by atoms with Gasteiger partial charge in [0.2, 0.25) is 0 Å². The number of aromatic nitrogens is 2. The van der Waals surface area contributed by atoms with Crippen LogP contribution in [0.25, 0.3) is 0 Å². The number of β-amino-alcohol motifs (C(OH)–C–C–N with tert-alkyl or cyclic N) is 1. The first-order chi connectivity index (χ1) is 8.19. The van der Waals surface area contributed by atoms with E-state index in [1.165, 1.54) is 0 Å². The van der Waals surface area contributed by atoms with Crippen molar-refractivity contribution in [3.63, 3.8) is 0 Å². The summed E-state index contributed by atoms with van der Waals surface area (Å²) in [6.07, 6.45) is 0. The van der Waals surface area contributed by atoms with Crippen LogP contribution in [0.3, 0.4) is 0 Å². The summed E-state index contributed by atoms with van der Waals surface area (Å²) in [5.74, 6) is 1.84. The topological polar surface area (TPSA) is 52.5 Å². The van der Waals surface area contributed by atoms with Crippen LogP contribution in [0.5, 0.6) is 0 Å². The lowest BCUT2D eigenvalue weighted by atomic mass is 10.3. The number of rotatable bonds is 3.